The predicted octanol–water partition coefficient (Wildman–Crippen LogP) is 13.1. The van der Waals surface area contributed by atoms with E-state index in [9.17, 15) is 5.26 Å². The number of nitrogens with zero attached hydrogens (tertiary/aromatic N) is 4. The number of thiophene rings is 1. The molecule has 0 aliphatic rings. The van der Waals surface area contributed by atoms with Crippen LogP contribution in [-0.4, -0.2) is 14.5 Å². The number of para-hydroxylation sites is 1. The van der Waals surface area contributed by atoms with E-state index in [0.29, 0.717) is 11.4 Å². The highest BCUT2D eigenvalue weighted by Crippen LogP contribution is 2.42. The Morgan fingerprint density at radius 3 is 2.02 bits per heavy atom. The van der Waals surface area contributed by atoms with Gasteiger partial charge in [-0.05, 0) is 87.3 Å². The zero-order valence-corrected chi connectivity index (χ0v) is 29.7. The smallest absolute Gasteiger partial charge is 0.160 e. The minimum atomic E-state index is 0.549. The van der Waals surface area contributed by atoms with Gasteiger partial charge < -0.3 is 4.57 Å². The van der Waals surface area contributed by atoms with Gasteiger partial charge in [-0.3, -0.25) is 0 Å². The lowest BCUT2D eigenvalue weighted by molar-refractivity contribution is 1.17. The molecule has 0 aliphatic carbocycles. The highest BCUT2D eigenvalue weighted by Gasteiger charge is 2.20. The summed E-state index contributed by atoms with van der Waals surface area (Å²) in [5.41, 5.74) is 9.53. The molecule has 0 N–H and O–H groups in total. The normalized spacial score (nSPS) is 11.7. The Morgan fingerprint density at radius 2 is 1.19 bits per heavy atom. The van der Waals surface area contributed by atoms with Crippen LogP contribution < -0.4 is 0 Å². The molecule has 3 heterocycles. The van der Waals surface area contributed by atoms with Crippen LogP contribution in [0.1, 0.15) is 5.56 Å². The molecule has 11 aromatic rings. The van der Waals surface area contributed by atoms with Gasteiger partial charge in [-0.25, -0.2) is 9.97 Å². The topological polar surface area (TPSA) is 54.5 Å². The van der Waals surface area contributed by atoms with Crippen LogP contribution in [-0.2, 0) is 0 Å². The average Bonchev–Trinajstić information content (AvgIpc) is 3.77. The Labute approximate surface area is 314 Å². The molecule has 3 aromatic heterocycles. The minimum Gasteiger partial charge on any atom is -0.309 e. The first-order valence-corrected chi connectivity index (χ1v) is 18.8. The largest absolute Gasteiger partial charge is 0.309 e. The number of rotatable bonds is 4. The van der Waals surface area contributed by atoms with Crippen molar-refractivity contribution in [2.45, 2.75) is 0 Å². The van der Waals surface area contributed by atoms with E-state index >= 15 is 0 Å². The quantitative estimate of drug-likeness (QED) is 0.183. The molecule has 0 fully saturated rings. The Hall–Kier alpha value is -7.13. The van der Waals surface area contributed by atoms with Gasteiger partial charge in [-0.15, -0.1) is 11.3 Å². The van der Waals surface area contributed by atoms with Crippen molar-refractivity contribution in [3.05, 3.63) is 175 Å². The van der Waals surface area contributed by atoms with E-state index in [4.69, 9.17) is 9.97 Å². The van der Waals surface area contributed by atoms with Gasteiger partial charge in [0.25, 0.3) is 0 Å². The molecule has 0 saturated heterocycles. The van der Waals surface area contributed by atoms with E-state index in [-0.39, 0.29) is 0 Å². The summed E-state index contributed by atoms with van der Waals surface area (Å²) >= 11 is 1.72. The Kier molecular flexibility index (Phi) is 6.75. The number of benzene rings is 8. The van der Waals surface area contributed by atoms with Gasteiger partial charge in [0.1, 0.15) is 0 Å². The highest BCUT2D eigenvalue weighted by molar-refractivity contribution is 7.26. The second kappa shape index (κ2) is 12.0. The van der Waals surface area contributed by atoms with Crippen molar-refractivity contribution in [1.82, 2.24) is 14.5 Å². The van der Waals surface area contributed by atoms with Crippen molar-refractivity contribution in [3.8, 4) is 45.5 Å². The first-order valence-electron chi connectivity index (χ1n) is 18.0. The second-order valence-electron chi connectivity index (χ2n) is 13.8. The number of nitriles is 1. The molecule has 11 rings (SSSR count). The molecule has 250 valence electrons. The summed E-state index contributed by atoms with van der Waals surface area (Å²) in [6, 6.07) is 62.1. The standard InChI is InChI=1S/C49H28N4S/c50-29-30-22-38(25-39(23-30)53-43-17-9-8-16-40(43)41-26-34-14-6-7-15-35(34)28-44(41)53)49-51-46(32-11-2-1-3-12-32)48-47(52-49)42-27-37(20-21-45(42)54-48)36-19-18-31-10-4-5-13-33(31)24-36/h1-28H. The van der Waals surface area contributed by atoms with E-state index in [0.717, 1.165) is 70.4 Å². The van der Waals surface area contributed by atoms with Crippen LogP contribution in [0.3, 0.4) is 0 Å². The molecule has 0 amide bonds. The predicted molar refractivity (Wildman–Crippen MR) is 225 cm³/mol. The third kappa shape index (κ3) is 4.82. The molecule has 0 unspecified atom stereocenters. The molecule has 0 saturated carbocycles. The summed E-state index contributed by atoms with van der Waals surface area (Å²) in [6.45, 7) is 0. The van der Waals surface area contributed by atoms with Gasteiger partial charge in [0.15, 0.2) is 5.82 Å². The second-order valence-corrected chi connectivity index (χ2v) is 14.8. The maximum absolute atomic E-state index is 10.4. The zero-order chi connectivity index (χ0) is 35.8. The number of hydrogen-bond acceptors (Lipinski definition) is 4. The summed E-state index contributed by atoms with van der Waals surface area (Å²) in [5.74, 6) is 0.585. The van der Waals surface area contributed by atoms with Gasteiger partial charge in [-0.1, -0.05) is 115 Å². The summed E-state index contributed by atoms with van der Waals surface area (Å²) in [6.07, 6.45) is 0. The average molecular weight is 705 g/mol. The van der Waals surface area contributed by atoms with Crippen LogP contribution in [0.5, 0.6) is 0 Å². The fraction of sp³-hybridized carbons (Fsp3) is 0. The fourth-order valence-electron chi connectivity index (χ4n) is 7.98. The molecule has 0 atom stereocenters. The molecule has 0 aliphatic heterocycles. The maximum Gasteiger partial charge on any atom is 0.160 e. The molecule has 0 bridgehead atoms. The van der Waals surface area contributed by atoms with Gasteiger partial charge in [-0.2, -0.15) is 5.26 Å². The lowest BCUT2D eigenvalue weighted by Gasteiger charge is -2.12. The third-order valence-electron chi connectivity index (χ3n) is 10.5. The van der Waals surface area contributed by atoms with E-state index in [1.807, 2.05) is 18.2 Å². The summed E-state index contributed by atoms with van der Waals surface area (Å²) in [4.78, 5) is 10.6. The van der Waals surface area contributed by atoms with Crippen LogP contribution in [0.2, 0.25) is 0 Å². The lowest BCUT2D eigenvalue weighted by atomic mass is 10.00. The van der Waals surface area contributed by atoms with Crippen molar-refractivity contribution in [2.24, 2.45) is 0 Å². The van der Waals surface area contributed by atoms with Crippen molar-refractivity contribution in [1.29, 1.82) is 5.26 Å². The molecule has 8 aromatic carbocycles. The van der Waals surface area contributed by atoms with Crippen molar-refractivity contribution in [2.75, 3.05) is 0 Å². The first kappa shape index (κ1) is 30.5. The summed E-state index contributed by atoms with van der Waals surface area (Å²) < 4.78 is 4.47. The van der Waals surface area contributed by atoms with Gasteiger partial charge in [0.05, 0.1) is 38.6 Å². The Bertz CT molecular complexity index is 3350. The van der Waals surface area contributed by atoms with Crippen molar-refractivity contribution >= 4 is 75.0 Å². The molecule has 0 radical (unpaired) electrons. The van der Waals surface area contributed by atoms with E-state index in [1.54, 1.807) is 11.3 Å². The SMILES string of the molecule is N#Cc1cc(-c2nc(-c3ccccc3)c3sc4ccc(-c5ccc6ccccc6c5)cc4c3n2)cc(-n2c3ccccc3c3cc4ccccc4cc32)c1. The third-order valence-corrected chi connectivity index (χ3v) is 11.7. The number of hydrogen-bond donors (Lipinski definition) is 0. The van der Waals surface area contributed by atoms with E-state index in [2.05, 4.69) is 162 Å². The molecular weight excluding hydrogens is 677 g/mol. The maximum atomic E-state index is 10.4. The van der Waals surface area contributed by atoms with Crippen LogP contribution >= 0.6 is 11.3 Å². The van der Waals surface area contributed by atoms with Gasteiger partial charge >= 0.3 is 0 Å². The summed E-state index contributed by atoms with van der Waals surface area (Å²) in [7, 11) is 0. The van der Waals surface area contributed by atoms with Crippen LogP contribution in [0.15, 0.2) is 170 Å². The number of fused-ring (bicyclic) bond motifs is 8. The van der Waals surface area contributed by atoms with Crippen molar-refractivity contribution in [3.63, 3.8) is 0 Å². The molecule has 54 heavy (non-hydrogen) atoms. The first-order chi connectivity index (χ1) is 26.7. The van der Waals surface area contributed by atoms with Gasteiger partial charge in [0, 0.05) is 37.7 Å². The van der Waals surface area contributed by atoms with Crippen LogP contribution in [0.25, 0.3) is 103 Å². The summed E-state index contributed by atoms with van der Waals surface area (Å²) in [5, 5.41) is 18.6. The lowest BCUT2D eigenvalue weighted by Crippen LogP contribution is -1.98. The Morgan fingerprint density at radius 1 is 0.481 bits per heavy atom. The van der Waals surface area contributed by atoms with Gasteiger partial charge in [0.2, 0.25) is 0 Å². The highest BCUT2D eigenvalue weighted by atomic mass is 32.1. The van der Waals surface area contributed by atoms with Crippen LogP contribution in [0, 0.1) is 11.3 Å². The zero-order valence-electron chi connectivity index (χ0n) is 28.9. The molecule has 5 heteroatoms. The van der Waals surface area contributed by atoms with E-state index in [1.165, 1.54) is 26.9 Å². The fourth-order valence-corrected chi connectivity index (χ4v) is 9.11. The molecule has 0 spiro atoms. The van der Waals surface area contributed by atoms with Crippen molar-refractivity contribution < 1.29 is 0 Å². The minimum absolute atomic E-state index is 0.549. The molecular formula is C49H28N4S. The molecule has 4 nitrogen and oxygen atoms in total. The monoisotopic (exact) mass is 704 g/mol. The number of aromatic nitrogens is 3. The van der Waals surface area contributed by atoms with Crippen LogP contribution in [0.4, 0.5) is 0 Å². The van der Waals surface area contributed by atoms with E-state index < -0.39 is 0 Å². The Balaban J connectivity index is 1.16.